The average molecular weight is 494 g/mol. The first kappa shape index (κ1) is 23.5. The number of furan rings is 2. The minimum absolute atomic E-state index is 0.0309. The molecule has 1 fully saturated rings. The highest BCUT2D eigenvalue weighted by atomic mass is 16.7. The number of carbonyl (C=O) groups is 3. The van der Waals surface area contributed by atoms with Crippen molar-refractivity contribution in [2.45, 2.75) is 44.7 Å². The molecule has 3 heterocycles. The maximum atomic E-state index is 13.7. The van der Waals surface area contributed by atoms with Crippen molar-refractivity contribution in [2.24, 2.45) is 0 Å². The lowest BCUT2D eigenvalue weighted by Gasteiger charge is -2.31. The van der Waals surface area contributed by atoms with E-state index in [4.69, 9.17) is 18.3 Å². The first-order valence-corrected chi connectivity index (χ1v) is 11.9. The number of rotatable bonds is 8. The monoisotopic (exact) mass is 493 g/mol. The number of hydrogen-bond donors (Lipinski definition) is 2. The predicted molar refractivity (Wildman–Crippen MR) is 128 cm³/mol. The fourth-order valence-corrected chi connectivity index (χ4v) is 4.53. The summed E-state index contributed by atoms with van der Waals surface area (Å²) in [7, 11) is 0. The second kappa shape index (κ2) is 10.2. The van der Waals surface area contributed by atoms with Gasteiger partial charge < -0.3 is 28.9 Å². The van der Waals surface area contributed by atoms with Crippen LogP contribution in [0.3, 0.4) is 0 Å². The molecule has 0 radical (unpaired) electrons. The van der Waals surface area contributed by atoms with Gasteiger partial charge in [-0.05, 0) is 56.2 Å². The molecule has 0 unspecified atom stereocenters. The lowest BCUT2D eigenvalue weighted by atomic mass is 10.1. The third-order valence-electron chi connectivity index (χ3n) is 6.29. The summed E-state index contributed by atoms with van der Waals surface area (Å²) in [6.07, 6.45) is 5.22. The molecule has 36 heavy (non-hydrogen) atoms. The molecule has 5 rings (SSSR count). The highest BCUT2D eigenvalue weighted by Crippen LogP contribution is 2.38. The highest BCUT2D eigenvalue weighted by Gasteiger charge is 2.37. The summed E-state index contributed by atoms with van der Waals surface area (Å²) in [5, 5.41) is 5.65. The van der Waals surface area contributed by atoms with E-state index in [1.807, 2.05) is 0 Å². The van der Waals surface area contributed by atoms with E-state index in [2.05, 4.69) is 10.6 Å². The minimum atomic E-state index is -1.10. The van der Waals surface area contributed by atoms with Crippen molar-refractivity contribution in [2.75, 3.05) is 18.2 Å². The van der Waals surface area contributed by atoms with Crippen molar-refractivity contribution in [1.29, 1.82) is 0 Å². The summed E-state index contributed by atoms with van der Waals surface area (Å²) in [6, 6.07) is 10.4. The van der Waals surface area contributed by atoms with Gasteiger partial charge in [-0.2, -0.15) is 0 Å². The molecule has 2 aliphatic rings. The summed E-state index contributed by atoms with van der Waals surface area (Å²) in [6.45, 7) is 1.46. The van der Waals surface area contributed by atoms with Crippen molar-refractivity contribution in [3.8, 4) is 11.5 Å². The zero-order valence-electron chi connectivity index (χ0n) is 19.8. The van der Waals surface area contributed by atoms with Crippen molar-refractivity contribution >= 4 is 23.4 Å². The molecule has 3 aromatic rings. The Balaban J connectivity index is 1.49. The third-order valence-corrected chi connectivity index (χ3v) is 6.29. The van der Waals surface area contributed by atoms with Crippen molar-refractivity contribution in [1.82, 2.24) is 10.6 Å². The van der Waals surface area contributed by atoms with Crippen LogP contribution in [0.25, 0.3) is 0 Å². The molecule has 2 aromatic heterocycles. The number of carbonyl (C=O) groups excluding carboxylic acids is 3. The van der Waals surface area contributed by atoms with Gasteiger partial charge in [-0.1, -0.05) is 12.8 Å². The number of ether oxygens (including phenoxy) is 2. The number of nitrogens with one attached hydrogen (secondary N) is 2. The number of hydrogen-bond acceptors (Lipinski definition) is 7. The molecule has 2 N–H and O–H groups in total. The van der Waals surface area contributed by atoms with Gasteiger partial charge in [-0.25, -0.2) is 0 Å². The van der Waals surface area contributed by atoms with Crippen LogP contribution in [0.5, 0.6) is 11.5 Å². The normalized spacial score (nSPS) is 15.5. The average Bonchev–Trinajstić information content (AvgIpc) is 3.67. The molecule has 0 bridgehead atoms. The van der Waals surface area contributed by atoms with Crippen molar-refractivity contribution in [3.05, 3.63) is 66.0 Å². The smallest absolute Gasteiger partial charge is 0.287 e. The van der Waals surface area contributed by atoms with Crippen LogP contribution in [0, 0.1) is 6.92 Å². The van der Waals surface area contributed by atoms with Gasteiger partial charge in [0.15, 0.2) is 23.3 Å². The Morgan fingerprint density at radius 3 is 2.58 bits per heavy atom. The second-order valence-electron chi connectivity index (χ2n) is 8.80. The number of nitrogens with zero attached hydrogens (tertiary/aromatic N) is 1. The highest BCUT2D eigenvalue weighted by molar-refractivity contribution is 6.04. The van der Waals surface area contributed by atoms with Crippen LogP contribution >= 0.6 is 0 Å². The van der Waals surface area contributed by atoms with Gasteiger partial charge >= 0.3 is 0 Å². The van der Waals surface area contributed by atoms with Crippen molar-refractivity contribution < 1.29 is 32.7 Å². The zero-order chi connectivity index (χ0) is 25.1. The summed E-state index contributed by atoms with van der Waals surface area (Å²) in [5.74, 6) is 0.566. The van der Waals surface area contributed by atoms with Crippen LogP contribution in [0.15, 0.2) is 57.6 Å². The largest absolute Gasteiger partial charge is 0.464 e. The second-order valence-corrected chi connectivity index (χ2v) is 8.80. The van der Waals surface area contributed by atoms with Gasteiger partial charge in [0.25, 0.3) is 11.8 Å². The first-order chi connectivity index (χ1) is 17.5. The zero-order valence-corrected chi connectivity index (χ0v) is 19.8. The third kappa shape index (κ3) is 4.93. The molecule has 1 aliphatic carbocycles. The summed E-state index contributed by atoms with van der Waals surface area (Å²) in [4.78, 5) is 41.1. The molecule has 1 aromatic carbocycles. The molecule has 3 amide bonds. The van der Waals surface area contributed by atoms with E-state index in [1.54, 1.807) is 43.3 Å². The molecular formula is C26H27N3O7. The molecule has 0 saturated heterocycles. The maximum Gasteiger partial charge on any atom is 0.287 e. The Hall–Kier alpha value is -4.21. The van der Waals surface area contributed by atoms with Crippen molar-refractivity contribution in [3.63, 3.8) is 0 Å². The van der Waals surface area contributed by atoms with E-state index in [0.717, 1.165) is 25.7 Å². The van der Waals surface area contributed by atoms with Gasteiger partial charge in [0.1, 0.15) is 11.5 Å². The number of benzene rings is 1. The molecule has 188 valence electrons. The maximum absolute atomic E-state index is 13.7. The fraction of sp³-hybridized carbons (Fsp3) is 0.346. The Bertz CT molecular complexity index is 1240. The molecule has 10 heteroatoms. The Labute approximate surface area is 207 Å². The molecule has 0 spiro atoms. The standard InChI is InChI=1S/C26H27N3O7/c1-16-8-10-20(36-16)24(26(32)28-17-5-2-3-6-17)29(18-9-11-19-22(13-18)35-15-34-19)23(30)14-27-25(31)21-7-4-12-33-21/h4,7-13,17,24H,2-3,5-6,14-15H2,1H3,(H,27,31)(H,28,32)/t24-/m0/s1. The Morgan fingerprint density at radius 2 is 1.86 bits per heavy atom. The van der Waals surface area contributed by atoms with E-state index in [1.165, 1.54) is 17.2 Å². The van der Waals surface area contributed by atoms with E-state index in [0.29, 0.717) is 28.7 Å². The molecule has 1 aliphatic heterocycles. The Kier molecular flexibility index (Phi) is 6.66. The lowest BCUT2D eigenvalue weighted by Crippen LogP contribution is -2.49. The topological polar surface area (TPSA) is 123 Å². The van der Waals surface area contributed by atoms with Crippen LogP contribution in [0.4, 0.5) is 5.69 Å². The van der Waals surface area contributed by atoms with E-state index >= 15 is 0 Å². The molecular weight excluding hydrogens is 466 g/mol. The van der Waals surface area contributed by atoms with E-state index in [9.17, 15) is 14.4 Å². The number of aryl methyl sites for hydroxylation is 1. The minimum Gasteiger partial charge on any atom is -0.464 e. The van der Waals surface area contributed by atoms with Gasteiger partial charge in [0, 0.05) is 17.8 Å². The van der Waals surface area contributed by atoms with Gasteiger partial charge in [0.2, 0.25) is 12.7 Å². The van der Waals surface area contributed by atoms with Gasteiger partial charge in [0.05, 0.1) is 12.8 Å². The van der Waals surface area contributed by atoms with Crippen LogP contribution in [0.2, 0.25) is 0 Å². The number of fused-ring (bicyclic) bond motifs is 1. The van der Waals surface area contributed by atoms with Crippen LogP contribution in [-0.4, -0.2) is 37.1 Å². The predicted octanol–water partition coefficient (Wildman–Crippen LogP) is 3.47. The van der Waals surface area contributed by atoms with Gasteiger partial charge in [-0.15, -0.1) is 0 Å². The quantitative estimate of drug-likeness (QED) is 0.492. The van der Waals surface area contributed by atoms with Gasteiger partial charge in [-0.3, -0.25) is 19.3 Å². The summed E-state index contributed by atoms with van der Waals surface area (Å²) in [5.41, 5.74) is 0.400. The number of anilines is 1. The lowest BCUT2D eigenvalue weighted by molar-refractivity contribution is -0.127. The van der Waals surface area contributed by atoms with Crippen LogP contribution < -0.4 is 25.0 Å². The molecule has 10 nitrogen and oxygen atoms in total. The first-order valence-electron chi connectivity index (χ1n) is 11.9. The molecule has 1 saturated carbocycles. The van der Waals surface area contributed by atoms with E-state index < -0.39 is 17.9 Å². The summed E-state index contributed by atoms with van der Waals surface area (Å²) < 4.78 is 21.9. The fourth-order valence-electron chi connectivity index (χ4n) is 4.53. The Morgan fingerprint density at radius 1 is 1.06 bits per heavy atom. The van der Waals surface area contributed by atoms with Crippen LogP contribution in [-0.2, 0) is 9.59 Å². The summed E-state index contributed by atoms with van der Waals surface area (Å²) >= 11 is 0. The van der Waals surface area contributed by atoms with E-state index in [-0.39, 0.29) is 31.0 Å². The van der Waals surface area contributed by atoms with Crippen LogP contribution in [0.1, 0.15) is 53.8 Å². The molecule has 1 atom stereocenters. The number of amides is 3. The SMILES string of the molecule is Cc1ccc([C@@H](C(=O)NC2CCCC2)N(C(=O)CNC(=O)c2ccco2)c2ccc3c(c2)OCO3)o1.